The Morgan fingerprint density at radius 3 is 2.58 bits per heavy atom. The Bertz CT molecular complexity index is 607. The average molecular weight is 298 g/mol. The fourth-order valence-electron chi connectivity index (χ4n) is 2.02. The van der Waals surface area contributed by atoms with Crippen LogP contribution < -0.4 is 5.73 Å². The molecule has 2 rings (SSSR count). The molecule has 1 saturated carbocycles. The Balaban J connectivity index is 2.29. The van der Waals surface area contributed by atoms with Crippen molar-refractivity contribution < 1.29 is 8.42 Å². The molecule has 6 heteroatoms. The van der Waals surface area contributed by atoms with E-state index in [1.165, 1.54) is 4.31 Å². The van der Waals surface area contributed by atoms with E-state index in [0.717, 1.165) is 24.0 Å². The van der Waals surface area contributed by atoms with E-state index < -0.39 is 10.0 Å². The van der Waals surface area contributed by atoms with Crippen LogP contribution in [-0.4, -0.2) is 31.3 Å². The Morgan fingerprint density at radius 2 is 2.11 bits per heavy atom. The quantitative estimate of drug-likeness (QED) is 0.840. The number of aryl methyl sites for hydroxylation is 1. The van der Waals surface area contributed by atoms with Crippen LogP contribution in [0.15, 0.2) is 23.1 Å². The molecular weight excluding hydrogens is 280 g/mol. The maximum atomic E-state index is 12.4. The van der Waals surface area contributed by atoms with Crippen molar-refractivity contribution in [3.05, 3.63) is 29.3 Å². The molecule has 0 aromatic heterocycles. The van der Waals surface area contributed by atoms with E-state index in [2.05, 4.69) is 0 Å². The summed E-state index contributed by atoms with van der Waals surface area (Å²) in [6.45, 7) is 2.41. The summed E-state index contributed by atoms with van der Waals surface area (Å²) in [7, 11) is -1.78. The van der Waals surface area contributed by atoms with Crippen LogP contribution >= 0.6 is 12.2 Å². The molecule has 0 aliphatic heterocycles. The van der Waals surface area contributed by atoms with Gasteiger partial charge in [0.1, 0.15) is 4.99 Å². The van der Waals surface area contributed by atoms with Gasteiger partial charge in [0, 0.05) is 19.2 Å². The zero-order chi connectivity index (χ0) is 14.2. The van der Waals surface area contributed by atoms with Gasteiger partial charge in [0.25, 0.3) is 0 Å². The van der Waals surface area contributed by atoms with Crippen molar-refractivity contribution in [1.82, 2.24) is 4.31 Å². The molecule has 19 heavy (non-hydrogen) atoms. The van der Waals surface area contributed by atoms with E-state index in [1.54, 1.807) is 25.2 Å². The molecule has 1 fully saturated rings. The third kappa shape index (κ3) is 3.13. The minimum atomic E-state index is -3.41. The van der Waals surface area contributed by atoms with Gasteiger partial charge in [-0.3, -0.25) is 0 Å². The lowest BCUT2D eigenvalue weighted by Gasteiger charge is -2.17. The summed E-state index contributed by atoms with van der Waals surface area (Å²) in [6.07, 6.45) is 2.25. The second-order valence-electron chi connectivity index (χ2n) is 5.07. The Labute approximate surface area is 119 Å². The summed E-state index contributed by atoms with van der Waals surface area (Å²) in [5.41, 5.74) is 7.09. The zero-order valence-electron chi connectivity index (χ0n) is 11.1. The van der Waals surface area contributed by atoms with Crippen LogP contribution in [0.2, 0.25) is 0 Å². The minimum Gasteiger partial charge on any atom is -0.389 e. The second kappa shape index (κ2) is 5.19. The van der Waals surface area contributed by atoms with Gasteiger partial charge in [-0.25, -0.2) is 12.7 Å². The highest BCUT2D eigenvalue weighted by atomic mass is 32.2. The third-order valence-corrected chi connectivity index (χ3v) is 5.42. The van der Waals surface area contributed by atoms with Crippen molar-refractivity contribution in [2.75, 3.05) is 13.6 Å². The molecule has 0 saturated heterocycles. The third-order valence-electron chi connectivity index (χ3n) is 3.38. The lowest BCUT2D eigenvalue weighted by molar-refractivity contribution is 0.453. The number of hydrogen-bond donors (Lipinski definition) is 1. The second-order valence-corrected chi connectivity index (χ2v) is 7.55. The summed E-state index contributed by atoms with van der Waals surface area (Å²) in [4.78, 5) is 0.584. The lowest BCUT2D eigenvalue weighted by atomic mass is 10.1. The highest BCUT2D eigenvalue weighted by Crippen LogP contribution is 2.31. The van der Waals surface area contributed by atoms with Gasteiger partial charge in [0.15, 0.2) is 0 Å². The van der Waals surface area contributed by atoms with Crippen molar-refractivity contribution in [2.45, 2.75) is 24.7 Å². The molecule has 1 aliphatic rings. The largest absolute Gasteiger partial charge is 0.389 e. The summed E-state index contributed by atoms with van der Waals surface area (Å²) in [5, 5.41) is 0. The van der Waals surface area contributed by atoms with Crippen molar-refractivity contribution in [2.24, 2.45) is 11.7 Å². The predicted octanol–water partition coefficient (Wildman–Crippen LogP) is 1.66. The van der Waals surface area contributed by atoms with Crippen LogP contribution in [0.1, 0.15) is 24.0 Å². The fraction of sp³-hybridized carbons (Fsp3) is 0.462. The molecule has 1 aliphatic carbocycles. The number of hydrogen-bond acceptors (Lipinski definition) is 3. The predicted molar refractivity (Wildman–Crippen MR) is 79.6 cm³/mol. The average Bonchev–Trinajstić information content (AvgIpc) is 3.12. The molecule has 2 N–H and O–H groups in total. The van der Waals surface area contributed by atoms with Crippen molar-refractivity contribution >= 4 is 27.2 Å². The number of nitrogens with two attached hydrogens (primary N) is 1. The van der Waals surface area contributed by atoms with E-state index in [0.29, 0.717) is 17.4 Å². The van der Waals surface area contributed by atoms with E-state index >= 15 is 0 Å². The van der Waals surface area contributed by atoms with E-state index in [-0.39, 0.29) is 4.99 Å². The van der Waals surface area contributed by atoms with Gasteiger partial charge in [0.2, 0.25) is 10.0 Å². The molecular formula is C13H18N2O2S2. The fourth-order valence-corrected chi connectivity index (χ4v) is 3.58. The van der Waals surface area contributed by atoms with E-state index in [9.17, 15) is 8.42 Å². The summed E-state index contributed by atoms with van der Waals surface area (Å²) in [6, 6.07) is 4.88. The first-order valence-electron chi connectivity index (χ1n) is 6.19. The van der Waals surface area contributed by atoms with Crippen LogP contribution in [0, 0.1) is 12.8 Å². The van der Waals surface area contributed by atoms with Crippen molar-refractivity contribution in [1.29, 1.82) is 0 Å². The van der Waals surface area contributed by atoms with Crippen LogP contribution in [0.5, 0.6) is 0 Å². The molecule has 0 bridgehead atoms. The summed E-state index contributed by atoms with van der Waals surface area (Å²) in [5.74, 6) is 0.525. The van der Waals surface area contributed by atoms with Gasteiger partial charge in [-0.1, -0.05) is 18.3 Å². The summed E-state index contributed by atoms with van der Waals surface area (Å²) < 4.78 is 26.2. The molecule has 0 unspecified atom stereocenters. The number of rotatable bonds is 5. The van der Waals surface area contributed by atoms with Crippen molar-refractivity contribution in [3.8, 4) is 0 Å². The van der Waals surface area contributed by atoms with Gasteiger partial charge >= 0.3 is 0 Å². The number of sulfonamides is 1. The number of thiocarbonyl (C=S) groups is 1. The van der Waals surface area contributed by atoms with E-state index in [1.807, 2.05) is 6.92 Å². The van der Waals surface area contributed by atoms with Crippen LogP contribution in [-0.2, 0) is 10.0 Å². The summed E-state index contributed by atoms with van der Waals surface area (Å²) >= 11 is 4.92. The number of nitrogens with zero attached hydrogens (tertiary/aromatic N) is 1. The monoisotopic (exact) mass is 298 g/mol. The Morgan fingerprint density at radius 1 is 1.47 bits per heavy atom. The molecule has 104 valence electrons. The Kier molecular flexibility index (Phi) is 3.94. The van der Waals surface area contributed by atoms with Crippen LogP contribution in [0.25, 0.3) is 0 Å². The smallest absolute Gasteiger partial charge is 0.242 e. The molecule has 1 aromatic rings. The van der Waals surface area contributed by atoms with Gasteiger partial charge in [-0.15, -0.1) is 0 Å². The van der Waals surface area contributed by atoms with Gasteiger partial charge in [0.05, 0.1) is 4.90 Å². The topological polar surface area (TPSA) is 63.4 Å². The van der Waals surface area contributed by atoms with Crippen LogP contribution in [0.3, 0.4) is 0 Å². The molecule has 1 aromatic carbocycles. The first-order valence-corrected chi connectivity index (χ1v) is 8.04. The SMILES string of the molecule is Cc1cc(S(=O)(=O)N(C)CC2CC2)ccc1C(N)=S. The Hall–Kier alpha value is -0.980. The highest BCUT2D eigenvalue weighted by molar-refractivity contribution is 7.89. The van der Waals surface area contributed by atoms with Crippen molar-refractivity contribution in [3.63, 3.8) is 0 Å². The standard InChI is InChI=1S/C13H18N2O2S2/c1-9-7-11(5-6-12(9)13(14)18)19(16,17)15(2)8-10-3-4-10/h5-7,10H,3-4,8H2,1-2H3,(H2,14,18). The molecule has 4 nitrogen and oxygen atoms in total. The molecule has 0 atom stereocenters. The molecule has 0 amide bonds. The van der Waals surface area contributed by atoms with Gasteiger partial charge < -0.3 is 5.73 Å². The normalized spacial score (nSPS) is 15.7. The van der Waals surface area contributed by atoms with E-state index in [4.69, 9.17) is 18.0 Å². The highest BCUT2D eigenvalue weighted by Gasteiger charge is 2.29. The van der Waals surface area contributed by atoms with Gasteiger partial charge in [-0.2, -0.15) is 0 Å². The lowest BCUT2D eigenvalue weighted by Crippen LogP contribution is -2.29. The zero-order valence-corrected chi connectivity index (χ0v) is 12.7. The minimum absolute atomic E-state index is 0.285. The molecule has 0 radical (unpaired) electrons. The maximum absolute atomic E-state index is 12.4. The maximum Gasteiger partial charge on any atom is 0.242 e. The van der Waals surface area contributed by atoms with Gasteiger partial charge in [-0.05, 0) is 43.4 Å². The van der Waals surface area contributed by atoms with Crippen LogP contribution in [0.4, 0.5) is 0 Å². The first-order chi connectivity index (χ1) is 8.82. The number of benzene rings is 1. The molecule has 0 spiro atoms. The first kappa shape index (κ1) is 14.4. The molecule has 0 heterocycles.